The van der Waals surface area contributed by atoms with Crippen molar-refractivity contribution in [2.24, 2.45) is 5.73 Å². The highest BCUT2D eigenvalue weighted by atomic mass is 16.7. The lowest BCUT2D eigenvalue weighted by Gasteiger charge is -2.10. The Hall–Kier alpha value is -1.68. The molecule has 0 fully saturated rings. The van der Waals surface area contributed by atoms with Crippen molar-refractivity contribution in [2.45, 2.75) is 6.04 Å². The highest BCUT2D eigenvalue weighted by Crippen LogP contribution is 2.43. The van der Waals surface area contributed by atoms with Gasteiger partial charge in [0.1, 0.15) is 0 Å². The number of nitrogens with two attached hydrogens (primary N) is 1. The molecule has 0 aliphatic carbocycles. The van der Waals surface area contributed by atoms with E-state index in [2.05, 4.69) is 6.58 Å². The molecule has 1 atom stereocenters. The van der Waals surface area contributed by atoms with Crippen molar-refractivity contribution in [2.75, 3.05) is 6.79 Å². The van der Waals surface area contributed by atoms with Crippen LogP contribution in [0.4, 0.5) is 0 Å². The van der Waals surface area contributed by atoms with Crippen molar-refractivity contribution >= 4 is 0 Å². The van der Waals surface area contributed by atoms with Crippen molar-refractivity contribution in [1.29, 1.82) is 0 Å². The predicted octanol–water partition coefficient (Wildman–Crippen LogP) is 1.31. The van der Waals surface area contributed by atoms with Gasteiger partial charge in [0, 0.05) is 5.56 Å². The molecule has 14 heavy (non-hydrogen) atoms. The first-order valence-corrected chi connectivity index (χ1v) is 4.23. The van der Waals surface area contributed by atoms with Crippen LogP contribution in [0.5, 0.6) is 17.2 Å². The maximum absolute atomic E-state index is 9.78. The van der Waals surface area contributed by atoms with E-state index in [9.17, 15) is 5.11 Å². The summed E-state index contributed by atoms with van der Waals surface area (Å²) < 4.78 is 10.2. The molecule has 1 aromatic carbocycles. The number of rotatable bonds is 2. The first kappa shape index (κ1) is 8.90. The highest BCUT2D eigenvalue weighted by Gasteiger charge is 2.21. The van der Waals surface area contributed by atoms with Crippen LogP contribution in [-0.4, -0.2) is 11.9 Å². The van der Waals surface area contributed by atoms with Gasteiger partial charge in [0.25, 0.3) is 0 Å². The molecule has 1 heterocycles. The molecular formula is C10H11NO3. The Morgan fingerprint density at radius 1 is 1.50 bits per heavy atom. The van der Waals surface area contributed by atoms with Gasteiger partial charge in [0.15, 0.2) is 11.5 Å². The first-order valence-electron chi connectivity index (χ1n) is 4.23. The normalized spacial score (nSPS) is 15.2. The van der Waals surface area contributed by atoms with Crippen LogP contribution in [0.2, 0.25) is 0 Å². The predicted molar refractivity (Wildman–Crippen MR) is 51.4 cm³/mol. The topological polar surface area (TPSA) is 64.7 Å². The van der Waals surface area contributed by atoms with Gasteiger partial charge in [-0.25, -0.2) is 0 Å². The van der Waals surface area contributed by atoms with E-state index in [4.69, 9.17) is 15.2 Å². The van der Waals surface area contributed by atoms with E-state index in [0.717, 1.165) is 0 Å². The molecule has 3 N–H and O–H groups in total. The molecule has 2 rings (SSSR count). The maximum atomic E-state index is 9.78. The third kappa shape index (κ3) is 1.20. The van der Waals surface area contributed by atoms with Gasteiger partial charge in [-0.05, 0) is 12.1 Å². The van der Waals surface area contributed by atoms with E-state index >= 15 is 0 Å². The summed E-state index contributed by atoms with van der Waals surface area (Å²) in [4.78, 5) is 0. The average molecular weight is 193 g/mol. The lowest BCUT2D eigenvalue weighted by molar-refractivity contribution is 0.171. The highest BCUT2D eigenvalue weighted by molar-refractivity contribution is 5.57. The zero-order valence-electron chi connectivity index (χ0n) is 7.56. The second-order valence-electron chi connectivity index (χ2n) is 3.00. The molecule has 0 aromatic heterocycles. The minimum atomic E-state index is -0.399. The van der Waals surface area contributed by atoms with Gasteiger partial charge in [0.05, 0.1) is 6.04 Å². The third-order valence-corrected chi connectivity index (χ3v) is 2.16. The van der Waals surface area contributed by atoms with Gasteiger partial charge in [-0.1, -0.05) is 6.08 Å². The second kappa shape index (κ2) is 3.23. The zero-order chi connectivity index (χ0) is 10.1. The van der Waals surface area contributed by atoms with E-state index in [-0.39, 0.29) is 12.5 Å². The SMILES string of the molecule is C=CC(N)c1ccc2c(c1O)OCO2. The summed E-state index contributed by atoms with van der Waals surface area (Å²) in [5.41, 5.74) is 6.30. The molecule has 4 heteroatoms. The van der Waals surface area contributed by atoms with Gasteiger partial charge in [0.2, 0.25) is 12.5 Å². The molecule has 0 spiro atoms. The van der Waals surface area contributed by atoms with E-state index < -0.39 is 6.04 Å². The Kier molecular flexibility index (Phi) is 2.05. The number of phenolic OH excluding ortho intramolecular Hbond substituents is 1. The molecule has 1 unspecified atom stereocenters. The minimum Gasteiger partial charge on any atom is -0.504 e. The van der Waals surface area contributed by atoms with Gasteiger partial charge in [-0.3, -0.25) is 0 Å². The van der Waals surface area contributed by atoms with Crippen LogP contribution < -0.4 is 15.2 Å². The number of ether oxygens (including phenoxy) is 2. The van der Waals surface area contributed by atoms with Crippen LogP contribution in [0, 0.1) is 0 Å². The summed E-state index contributed by atoms with van der Waals surface area (Å²) in [7, 11) is 0. The van der Waals surface area contributed by atoms with Crippen molar-refractivity contribution in [3.05, 3.63) is 30.4 Å². The number of phenols is 1. The lowest BCUT2D eigenvalue weighted by atomic mass is 10.1. The smallest absolute Gasteiger partial charge is 0.231 e. The number of hydrogen-bond donors (Lipinski definition) is 2. The molecule has 4 nitrogen and oxygen atoms in total. The summed E-state index contributed by atoms with van der Waals surface area (Å²) in [5, 5.41) is 9.78. The zero-order valence-corrected chi connectivity index (χ0v) is 7.56. The molecule has 1 aliphatic rings. The van der Waals surface area contributed by atoms with Crippen molar-refractivity contribution < 1.29 is 14.6 Å². The molecular weight excluding hydrogens is 182 g/mol. The molecule has 0 saturated heterocycles. The van der Waals surface area contributed by atoms with Crippen LogP contribution in [0.1, 0.15) is 11.6 Å². The first-order chi connectivity index (χ1) is 6.74. The summed E-state index contributed by atoms with van der Waals surface area (Å²) in [5.74, 6) is 0.940. The van der Waals surface area contributed by atoms with E-state index in [0.29, 0.717) is 17.1 Å². The third-order valence-electron chi connectivity index (χ3n) is 2.16. The van der Waals surface area contributed by atoms with Crippen LogP contribution in [0.3, 0.4) is 0 Å². The largest absolute Gasteiger partial charge is 0.504 e. The molecule has 74 valence electrons. The standard InChI is InChI=1S/C10H11NO3/c1-2-7(11)6-3-4-8-10(9(6)12)14-5-13-8/h2-4,7,12H,1,5,11H2. The fraction of sp³-hybridized carbons (Fsp3) is 0.200. The average Bonchev–Trinajstić information content (AvgIpc) is 2.66. The van der Waals surface area contributed by atoms with Crippen LogP contribution in [0.15, 0.2) is 24.8 Å². The Balaban J connectivity index is 2.49. The quantitative estimate of drug-likeness (QED) is 0.695. The van der Waals surface area contributed by atoms with Gasteiger partial charge < -0.3 is 20.3 Å². The summed E-state index contributed by atoms with van der Waals surface area (Å²) in [6.45, 7) is 3.70. The minimum absolute atomic E-state index is 0.0346. The van der Waals surface area contributed by atoms with Gasteiger partial charge in [-0.2, -0.15) is 0 Å². The summed E-state index contributed by atoms with van der Waals surface area (Å²) >= 11 is 0. The summed E-state index contributed by atoms with van der Waals surface area (Å²) in [6, 6.07) is 3.03. The molecule has 1 aliphatic heterocycles. The second-order valence-corrected chi connectivity index (χ2v) is 3.00. The van der Waals surface area contributed by atoms with Gasteiger partial charge >= 0.3 is 0 Å². The number of aromatic hydroxyl groups is 1. The molecule has 0 saturated carbocycles. The van der Waals surface area contributed by atoms with Gasteiger partial charge in [-0.15, -0.1) is 6.58 Å². The monoisotopic (exact) mass is 193 g/mol. The van der Waals surface area contributed by atoms with E-state index in [1.54, 1.807) is 18.2 Å². The van der Waals surface area contributed by atoms with Crippen molar-refractivity contribution in [1.82, 2.24) is 0 Å². The Bertz CT molecular complexity index is 376. The number of hydrogen-bond acceptors (Lipinski definition) is 4. The van der Waals surface area contributed by atoms with Crippen LogP contribution in [-0.2, 0) is 0 Å². The Labute approximate surface area is 81.6 Å². The molecule has 1 aromatic rings. The van der Waals surface area contributed by atoms with Crippen molar-refractivity contribution in [3.8, 4) is 17.2 Å². The fourth-order valence-electron chi connectivity index (χ4n) is 1.37. The molecule has 0 amide bonds. The Morgan fingerprint density at radius 3 is 3.00 bits per heavy atom. The van der Waals surface area contributed by atoms with Crippen LogP contribution in [0.25, 0.3) is 0 Å². The Morgan fingerprint density at radius 2 is 2.29 bits per heavy atom. The maximum Gasteiger partial charge on any atom is 0.231 e. The van der Waals surface area contributed by atoms with Crippen molar-refractivity contribution in [3.63, 3.8) is 0 Å². The number of benzene rings is 1. The molecule has 0 radical (unpaired) electrons. The lowest BCUT2D eigenvalue weighted by Crippen LogP contribution is -2.06. The number of fused-ring (bicyclic) bond motifs is 1. The summed E-state index contributed by atoms with van der Waals surface area (Å²) in [6.07, 6.45) is 1.55. The fourth-order valence-corrected chi connectivity index (χ4v) is 1.37. The molecule has 0 bridgehead atoms. The van der Waals surface area contributed by atoms with E-state index in [1.807, 2.05) is 0 Å². The van der Waals surface area contributed by atoms with Crippen LogP contribution >= 0.6 is 0 Å². The van der Waals surface area contributed by atoms with E-state index in [1.165, 1.54) is 0 Å².